The highest BCUT2D eigenvalue weighted by atomic mass is 79.9. The lowest BCUT2D eigenvalue weighted by atomic mass is 10.1. The van der Waals surface area contributed by atoms with Gasteiger partial charge in [0.15, 0.2) is 0 Å². The third-order valence-electron chi connectivity index (χ3n) is 2.04. The van der Waals surface area contributed by atoms with Crippen LogP contribution < -0.4 is 11.1 Å². The van der Waals surface area contributed by atoms with Crippen LogP contribution in [0.5, 0.6) is 0 Å². The molecule has 0 heterocycles. The molecule has 2 amide bonds. The Morgan fingerprint density at radius 1 is 1.41 bits per heavy atom. The number of carbonyl (C=O) groups excluding carboxylic acids is 2. The summed E-state index contributed by atoms with van der Waals surface area (Å²) in [5.74, 6) is -1.73. The highest BCUT2D eigenvalue weighted by molar-refractivity contribution is 9.10. The largest absolute Gasteiger partial charge is 0.366 e. The summed E-state index contributed by atoms with van der Waals surface area (Å²) >= 11 is 3.15. The molecule has 3 N–H and O–H groups in total. The Kier molecular flexibility index (Phi) is 3.87. The Hall–Kier alpha value is -1.43. The van der Waals surface area contributed by atoms with Crippen LogP contribution in [-0.2, 0) is 4.79 Å². The maximum absolute atomic E-state index is 13.4. The first-order valence-electron chi connectivity index (χ1n) is 4.81. The van der Waals surface area contributed by atoms with Crippen molar-refractivity contribution in [3.63, 3.8) is 0 Å². The van der Waals surface area contributed by atoms with Crippen LogP contribution in [0.4, 0.5) is 10.1 Å². The van der Waals surface area contributed by atoms with Gasteiger partial charge in [0, 0.05) is 5.56 Å². The van der Waals surface area contributed by atoms with Crippen molar-refractivity contribution in [2.24, 2.45) is 5.73 Å². The number of nitrogens with two attached hydrogens (primary N) is 1. The molecule has 1 aromatic rings. The van der Waals surface area contributed by atoms with Gasteiger partial charge in [-0.1, -0.05) is 15.9 Å². The van der Waals surface area contributed by atoms with E-state index < -0.39 is 22.0 Å². The van der Waals surface area contributed by atoms with E-state index in [2.05, 4.69) is 21.2 Å². The molecule has 17 heavy (non-hydrogen) atoms. The van der Waals surface area contributed by atoms with E-state index in [-0.39, 0.29) is 11.3 Å². The molecule has 1 aromatic carbocycles. The molecule has 0 unspecified atom stereocenters. The molecular formula is C11H12BrFN2O2. The standard InChI is InChI=1S/C11H12BrFN2O2/c1-11(2,12)10(17)15-8-5-6(9(14)16)3-4-7(8)13/h3-5H,1-2H3,(H2,14,16)(H,15,17). The molecule has 0 radical (unpaired) electrons. The number of anilines is 1. The lowest BCUT2D eigenvalue weighted by Crippen LogP contribution is -2.31. The molecule has 1 rings (SSSR count). The first-order chi connectivity index (χ1) is 7.71. The minimum Gasteiger partial charge on any atom is -0.366 e. The summed E-state index contributed by atoms with van der Waals surface area (Å²) in [6.45, 7) is 3.25. The summed E-state index contributed by atoms with van der Waals surface area (Å²) in [5.41, 5.74) is 5.13. The highest BCUT2D eigenvalue weighted by Crippen LogP contribution is 2.21. The van der Waals surface area contributed by atoms with E-state index in [1.54, 1.807) is 13.8 Å². The van der Waals surface area contributed by atoms with Crippen molar-refractivity contribution in [3.8, 4) is 0 Å². The number of benzene rings is 1. The van der Waals surface area contributed by atoms with Crippen molar-refractivity contribution in [1.29, 1.82) is 0 Å². The van der Waals surface area contributed by atoms with Crippen molar-refractivity contribution < 1.29 is 14.0 Å². The van der Waals surface area contributed by atoms with E-state index in [0.29, 0.717) is 0 Å². The van der Waals surface area contributed by atoms with Gasteiger partial charge in [-0.25, -0.2) is 4.39 Å². The molecular weight excluding hydrogens is 291 g/mol. The number of nitrogens with one attached hydrogen (secondary N) is 1. The molecule has 0 aliphatic rings. The van der Waals surface area contributed by atoms with Gasteiger partial charge in [0.1, 0.15) is 5.82 Å². The van der Waals surface area contributed by atoms with Crippen LogP contribution in [-0.4, -0.2) is 16.1 Å². The number of rotatable bonds is 3. The summed E-state index contributed by atoms with van der Waals surface area (Å²) < 4.78 is 12.6. The molecule has 0 saturated carbocycles. The summed E-state index contributed by atoms with van der Waals surface area (Å²) in [5, 5.41) is 2.38. The Balaban J connectivity index is 3.02. The predicted octanol–water partition coefficient (Wildman–Crippen LogP) is 2.04. The van der Waals surface area contributed by atoms with Crippen LogP contribution in [0.25, 0.3) is 0 Å². The second-order valence-electron chi connectivity index (χ2n) is 3.99. The van der Waals surface area contributed by atoms with Crippen molar-refractivity contribution in [2.45, 2.75) is 18.2 Å². The second kappa shape index (κ2) is 4.83. The molecule has 4 nitrogen and oxygen atoms in total. The average molecular weight is 303 g/mol. The monoisotopic (exact) mass is 302 g/mol. The van der Waals surface area contributed by atoms with Crippen molar-refractivity contribution >= 4 is 33.4 Å². The summed E-state index contributed by atoms with van der Waals surface area (Å²) in [6.07, 6.45) is 0. The third kappa shape index (κ3) is 3.52. The minimum absolute atomic E-state index is 0.0705. The van der Waals surface area contributed by atoms with Gasteiger partial charge in [-0.2, -0.15) is 0 Å². The SMILES string of the molecule is CC(C)(Br)C(=O)Nc1cc(C(N)=O)ccc1F. The Bertz CT molecular complexity index is 469. The van der Waals surface area contributed by atoms with Gasteiger partial charge in [0.25, 0.3) is 0 Å². The van der Waals surface area contributed by atoms with Crippen LogP contribution in [0.2, 0.25) is 0 Å². The smallest absolute Gasteiger partial charge is 0.248 e. The third-order valence-corrected chi connectivity index (χ3v) is 2.40. The molecule has 0 bridgehead atoms. The highest BCUT2D eigenvalue weighted by Gasteiger charge is 2.24. The van der Waals surface area contributed by atoms with Crippen LogP contribution >= 0.6 is 15.9 Å². The Morgan fingerprint density at radius 3 is 2.47 bits per heavy atom. The predicted molar refractivity (Wildman–Crippen MR) is 66.6 cm³/mol. The van der Waals surface area contributed by atoms with E-state index in [1.807, 2.05) is 0 Å². The van der Waals surface area contributed by atoms with Gasteiger partial charge in [-0.3, -0.25) is 9.59 Å². The first-order valence-corrected chi connectivity index (χ1v) is 5.61. The van der Waals surface area contributed by atoms with Gasteiger partial charge < -0.3 is 11.1 Å². The molecule has 0 saturated heterocycles. The summed E-state index contributed by atoms with van der Waals surface area (Å²) in [4.78, 5) is 22.6. The quantitative estimate of drug-likeness (QED) is 0.839. The van der Waals surface area contributed by atoms with E-state index in [0.717, 1.165) is 6.07 Å². The van der Waals surface area contributed by atoms with Gasteiger partial charge in [-0.05, 0) is 32.0 Å². The van der Waals surface area contributed by atoms with Crippen molar-refractivity contribution in [3.05, 3.63) is 29.6 Å². The van der Waals surface area contributed by atoms with E-state index in [9.17, 15) is 14.0 Å². The number of carbonyl (C=O) groups is 2. The lowest BCUT2D eigenvalue weighted by molar-refractivity contribution is -0.117. The Morgan fingerprint density at radius 2 is 2.00 bits per heavy atom. The molecule has 0 aliphatic carbocycles. The molecule has 0 atom stereocenters. The molecule has 0 spiro atoms. The van der Waals surface area contributed by atoms with Crippen LogP contribution in [0, 0.1) is 5.82 Å². The zero-order valence-corrected chi connectivity index (χ0v) is 11.0. The van der Waals surface area contributed by atoms with Gasteiger partial charge in [0.05, 0.1) is 10.0 Å². The van der Waals surface area contributed by atoms with E-state index >= 15 is 0 Å². The fourth-order valence-electron chi connectivity index (χ4n) is 1.05. The van der Waals surface area contributed by atoms with Crippen LogP contribution in [0.3, 0.4) is 0 Å². The molecule has 0 fully saturated rings. The topological polar surface area (TPSA) is 72.2 Å². The molecule has 6 heteroatoms. The minimum atomic E-state index is -0.831. The zero-order valence-electron chi connectivity index (χ0n) is 9.38. The van der Waals surface area contributed by atoms with Crippen LogP contribution in [0.15, 0.2) is 18.2 Å². The summed E-state index contributed by atoms with van der Waals surface area (Å²) in [7, 11) is 0. The lowest BCUT2D eigenvalue weighted by Gasteiger charge is -2.16. The number of halogens is 2. The maximum atomic E-state index is 13.4. The molecule has 0 aliphatic heterocycles. The number of alkyl halides is 1. The number of primary amides is 1. The van der Waals surface area contributed by atoms with Gasteiger partial charge in [0.2, 0.25) is 11.8 Å². The zero-order chi connectivity index (χ0) is 13.2. The molecule has 92 valence electrons. The molecule has 0 aromatic heterocycles. The first kappa shape index (κ1) is 13.6. The second-order valence-corrected chi connectivity index (χ2v) is 5.97. The Labute approximate surface area is 107 Å². The number of amides is 2. The van der Waals surface area contributed by atoms with Crippen LogP contribution in [0.1, 0.15) is 24.2 Å². The fraction of sp³-hybridized carbons (Fsp3) is 0.273. The van der Waals surface area contributed by atoms with Gasteiger partial charge >= 0.3 is 0 Å². The number of hydrogen-bond donors (Lipinski definition) is 2. The van der Waals surface area contributed by atoms with E-state index in [4.69, 9.17) is 5.73 Å². The van der Waals surface area contributed by atoms with E-state index in [1.165, 1.54) is 12.1 Å². The normalized spacial score (nSPS) is 11.1. The fourth-order valence-corrected chi connectivity index (χ4v) is 1.14. The maximum Gasteiger partial charge on any atom is 0.248 e. The number of hydrogen-bond acceptors (Lipinski definition) is 2. The summed E-state index contributed by atoms with van der Waals surface area (Å²) in [6, 6.07) is 3.54. The van der Waals surface area contributed by atoms with Gasteiger partial charge in [-0.15, -0.1) is 0 Å². The van der Waals surface area contributed by atoms with Crippen molar-refractivity contribution in [2.75, 3.05) is 5.32 Å². The average Bonchev–Trinajstić information content (AvgIpc) is 2.19. The van der Waals surface area contributed by atoms with Crippen molar-refractivity contribution in [1.82, 2.24) is 0 Å².